The van der Waals surface area contributed by atoms with Crippen LogP contribution in [0.15, 0.2) is 53.0 Å². The van der Waals surface area contributed by atoms with E-state index in [4.69, 9.17) is 4.98 Å². The van der Waals surface area contributed by atoms with Gasteiger partial charge in [-0.05, 0) is 48.7 Å². The van der Waals surface area contributed by atoms with Crippen LogP contribution in [-0.2, 0) is 17.0 Å². The van der Waals surface area contributed by atoms with Crippen molar-refractivity contribution >= 4 is 50.9 Å². The minimum absolute atomic E-state index is 0.0459. The second-order valence-corrected chi connectivity index (χ2v) is 8.65. The van der Waals surface area contributed by atoms with Gasteiger partial charge in [-0.2, -0.15) is 0 Å². The van der Waals surface area contributed by atoms with E-state index in [0.29, 0.717) is 10.9 Å². The summed E-state index contributed by atoms with van der Waals surface area (Å²) in [5, 5.41) is 3.57. The number of aryl methyl sites for hydroxylation is 2. The molecule has 0 atom stereocenters. The normalized spacial score (nSPS) is 11.1. The highest BCUT2D eigenvalue weighted by Crippen LogP contribution is 2.31. The Labute approximate surface area is 178 Å². The van der Waals surface area contributed by atoms with Gasteiger partial charge in [-0.1, -0.05) is 36.9 Å². The second-order valence-electron chi connectivity index (χ2n) is 6.85. The highest BCUT2D eigenvalue weighted by molar-refractivity contribution is 7.98. The van der Waals surface area contributed by atoms with Gasteiger partial charge in [0.15, 0.2) is 10.3 Å². The van der Waals surface area contributed by atoms with E-state index >= 15 is 0 Å². The third-order valence-electron chi connectivity index (χ3n) is 4.62. The predicted molar refractivity (Wildman–Crippen MR) is 121 cm³/mol. The van der Waals surface area contributed by atoms with E-state index < -0.39 is 0 Å². The number of thiazole rings is 1. The number of hydrogen-bond acceptors (Lipinski definition) is 5. The van der Waals surface area contributed by atoms with Gasteiger partial charge in [-0.15, -0.1) is 11.3 Å². The maximum atomic E-state index is 12.3. The van der Waals surface area contributed by atoms with E-state index in [9.17, 15) is 4.79 Å². The molecule has 2 heterocycles. The smallest absolute Gasteiger partial charge is 0.230 e. The lowest BCUT2D eigenvalue weighted by molar-refractivity contribution is -0.115. The van der Waals surface area contributed by atoms with Crippen molar-refractivity contribution in [1.82, 2.24) is 15.0 Å². The zero-order chi connectivity index (χ0) is 20.4. The molecule has 29 heavy (non-hydrogen) atoms. The molecule has 2 aromatic carbocycles. The van der Waals surface area contributed by atoms with Gasteiger partial charge in [0.25, 0.3) is 0 Å². The van der Waals surface area contributed by atoms with Crippen molar-refractivity contribution in [2.24, 2.45) is 0 Å². The van der Waals surface area contributed by atoms with Crippen LogP contribution in [0.4, 0.5) is 10.8 Å². The Hall–Kier alpha value is -2.64. The van der Waals surface area contributed by atoms with Gasteiger partial charge < -0.3 is 4.98 Å². The van der Waals surface area contributed by atoms with Crippen molar-refractivity contribution in [2.45, 2.75) is 38.1 Å². The van der Waals surface area contributed by atoms with Crippen molar-refractivity contribution in [3.05, 3.63) is 64.7 Å². The molecule has 0 aliphatic heterocycles. The number of rotatable bonds is 6. The number of imidazole rings is 1. The fourth-order valence-electron chi connectivity index (χ4n) is 3.08. The van der Waals surface area contributed by atoms with E-state index in [-0.39, 0.29) is 5.91 Å². The number of anilines is 2. The number of thioether (sulfide) groups is 1. The molecule has 0 radical (unpaired) electrons. The zero-order valence-corrected chi connectivity index (χ0v) is 18.2. The SMILES string of the molecule is CCc1ccc(N(C(C)=O)c2nc(CSc3nc4ccc(C)cc4[nH]3)cs2)cc1. The minimum atomic E-state index is -0.0459. The summed E-state index contributed by atoms with van der Waals surface area (Å²) in [6, 6.07) is 14.3. The Morgan fingerprint density at radius 1 is 1.17 bits per heavy atom. The number of fused-ring (bicyclic) bond motifs is 1. The minimum Gasteiger partial charge on any atom is -0.333 e. The van der Waals surface area contributed by atoms with Crippen molar-refractivity contribution in [3.63, 3.8) is 0 Å². The molecule has 1 amide bonds. The molecule has 2 aromatic heterocycles. The number of aromatic nitrogens is 3. The Balaban J connectivity index is 1.50. The van der Waals surface area contributed by atoms with E-state index in [2.05, 4.69) is 48.1 Å². The third kappa shape index (κ3) is 4.36. The summed E-state index contributed by atoms with van der Waals surface area (Å²) < 4.78 is 0. The summed E-state index contributed by atoms with van der Waals surface area (Å²) in [7, 11) is 0. The molecule has 4 rings (SSSR count). The number of hydrogen-bond donors (Lipinski definition) is 1. The number of nitrogens with zero attached hydrogens (tertiary/aromatic N) is 3. The van der Waals surface area contributed by atoms with Crippen LogP contribution >= 0.6 is 23.1 Å². The number of carbonyl (C=O) groups is 1. The molecular formula is C22H22N4OS2. The summed E-state index contributed by atoms with van der Waals surface area (Å²) in [6.45, 7) is 5.76. The Morgan fingerprint density at radius 2 is 1.97 bits per heavy atom. The molecule has 0 aliphatic rings. The van der Waals surface area contributed by atoms with E-state index in [1.807, 2.05) is 23.6 Å². The largest absolute Gasteiger partial charge is 0.333 e. The van der Waals surface area contributed by atoms with Crippen LogP contribution < -0.4 is 4.90 Å². The number of carbonyl (C=O) groups excluding carboxylic acids is 1. The van der Waals surface area contributed by atoms with E-state index in [0.717, 1.165) is 34.0 Å². The molecule has 7 heteroatoms. The molecule has 0 saturated carbocycles. The van der Waals surface area contributed by atoms with Gasteiger partial charge in [0.1, 0.15) is 0 Å². The fraction of sp³-hybridized carbons (Fsp3) is 0.227. The molecule has 148 valence electrons. The van der Waals surface area contributed by atoms with Crippen LogP contribution in [0.1, 0.15) is 30.7 Å². The van der Waals surface area contributed by atoms with E-state index in [1.54, 1.807) is 23.6 Å². The zero-order valence-electron chi connectivity index (χ0n) is 16.6. The van der Waals surface area contributed by atoms with Gasteiger partial charge in [0, 0.05) is 18.1 Å². The number of aromatic amines is 1. The summed E-state index contributed by atoms with van der Waals surface area (Å²) >= 11 is 3.10. The van der Waals surface area contributed by atoms with Gasteiger partial charge in [-0.25, -0.2) is 9.97 Å². The number of nitrogens with one attached hydrogen (secondary N) is 1. The Bertz CT molecular complexity index is 1150. The van der Waals surface area contributed by atoms with Gasteiger partial charge >= 0.3 is 0 Å². The topological polar surface area (TPSA) is 61.9 Å². The standard InChI is InChI=1S/C22H22N4OS2/c1-4-16-6-8-18(9-7-16)26(15(3)27)22-23-17(13-29-22)12-28-21-24-19-10-5-14(2)11-20(19)25-21/h5-11,13H,4,12H2,1-3H3,(H,24,25). The summed E-state index contributed by atoms with van der Waals surface area (Å²) in [4.78, 5) is 26.6. The molecule has 4 aromatic rings. The molecule has 5 nitrogen and oxygen atoms in total. The van der Waals surface area contributed by atoms with Crippen LogP contribution in [0.25, 0.3) is 11.0 Å². The first kappa shape index (κ1) is 19.7. The van der Waals surface area contributed by atoms with Crippen molar-refractivity contribution in [3.8, 4) is 0 Å². The molecule has 0 saturated heterocycles. The molecule has 0 fully saturated rings. The first-order valence-corrected chi connectivity index (χ1v) is 11.3. The second kappa shape index (κ2) is 8.39. The summed E-state index contributed by atoms with van der Waals surface area (Å²) in [6.07, 6.45) is 0.973. The summed E-state index contributed by atoms with van der Waals surface area (Å²) in [5.41, 5.74) is 6.24. The molecular weight excluding hydrogens is 400 g/mol. The monoisotopic (exact) mass is 422 g/mol. The first-order valence-electron chi connectivity index (χ1n) is 9.46. The molecule has 0 bridgehead atoms. The molecule has 0 aliphatic carbocycles. The fourth-order valence-corrected chi connectivity index (χ4v) is 4.85. The van der Waals surface area contributed by atoms with Gasteiger partial charge in [-0.3, -0.25) is 9.69 Å². The van der Waals surface area contributed by atoms with Gasteiger partial charge in [0.05, 0.1) is 22.4 Å². The summed E-state index contributed by atoms with van der Waals surface area (Å²) in [5.74, 6) is 0.644. The average Bonchev–Trinajstić information content (AvgIpc) is 3.33. The maximum Gasteiger partial charge on any atom is 0.230 e. The van der Waals surface area contributed by atoms with Crippen molar-refractivity contribution in [2.75, 3.05) is 4.90 Å². The Morgan fingerprint density at radius 3 is 2.69 bits per heavy atom. The molecule has 0 unspecified atom stereocenters. The van der Waals surface area contributed by atoms with Crippen LogP contribution in [0, 0.1) is 6.92 Å². The lowest BCUT2D eigenvalue weighted by atomic mass is 10.1. The van der Waals surface area contributed by atoms with Crippen LogP contribution in [0.2, 0.25) is 0 Å². The molecule has 0 spiro atoms. The van der Waals surface area contributed by atoms with Crippen LogP contribution in [0.5, 0.6) is 0 Å². The number of amides is 1. The lowest BCUT2D eigenvalue weighted by Gasteiger charge is -2.18. The van der Waals surface area contributed by atoms with Crippen LogP contribution in [-0.4, -0.2) is 20.9 Å². The quantitative estimate of drug-likeness (QED) is 0.395. The predicted octanol–water partition coefficient (Wildman–Crippen LogP) is 5.87. The van der Waals surface area contributed by atoms with Crippen LogP contribution in [0.3, 0.4) is 0 Å². The maximum absolute atomic E-state index is 12.3. The highest BCUT2D eigenvalue weighted by atomic mass is 32.2. The molecule has 1 N–H and O–H groups in total. The first-order chi connectivity index (χ1) is 14.0. The third-order valence-corrected chi connectivity index (χ3v) is 6.40. The highest BCUT2D eigenvalue weighted by Gasteiger charge is 2.18. The lowest BCUT2D eigenvalue weighted by Crippen LogP contribution is -2.22. The van der Waals surface area contributed by atoms with Gasteiger partial charge in [0.2, 0.25) is 5.91 Å². The number of benzene rings is 2. The van der Waals surface area contributed by atoms with Crippen molar-refractivity contribution < 1.29 is 4.79 Å². The Kier molecular flexibility index (Phi) is 5.69. The van der Waals surface area contributed by atoms with Crippen molar-refractivity contribution in [1.29, 1.82) is 0 Å². The number of H-pyrrole nitrogens is 1. The average molecular weight is 423 g/mol. The van der Waals surface area contributed by atoms with E-state index in [1.165, 1.54) is 22.5 Å².